The van der Waals surface area contributed by atoms with Crippen LogP contribution >= 0.6 is 11.6 Å². The molecule has 2 aromatic carbocycles. The lowest BCUT2D eigenvalue weighted by Gasteiger charge is -2.07. The smallest absolute Gasteiger partial charge is 0.259 e. The number of hydrogen-bond donors (Lipinski definition) is 2. The van der Waals surface area contributed by atoms with Gasteiger partial charge in [-0.15, -0.1) is 11.6 Å². The number of nitrogens with one attached hydrogen (secondary N) is 1. The van der Waals surface area contributed by atoms with E-state index in [9.17, 15) is 14.3 Å². The highest BCUT2D eigenvalue weighted by Gasteiger charge is 2.11. The summed E-state index contributed by atoms with van der Waals surface area (Å²) in [5.74, 6) is -0.937. The molecule has 0 aliphatic carbocycles. The molecule has 1 amide bonds. The highest BCUT2D eigenvalue weighted by molar-refractivity contribution is 6.18. The van der Waals surface area contributed by atoms with Gasteiger partial charge in [-0.3, -0.25) is 4.79 Å². The van der Waals surface area contributed by atoms with Crippen molar-refractivity contribution in [3.8, 4) is 5.75 Å². The average molecular weight is 294 g/mol. The largest absolute Gasteiger partial charge is 0.507 e. The second-order valence-corrected chi connectivity index (χ2v) is 4.63. The number of phenolic OH excluding ortho intramolecular Hbond substituents is 1. The highest BCUT2D eigenvalue weighted by atomic mass is 35.5. The van der Waals surface area contributed by atoms with E-state index in [2.05, 4.69) is 5.32 Å². The molecule has 0 saturated heterocycles. The molecule has 2 rings (SSSR count). The van der Waals surface area contributed by atoms with Crippen molar-refractivity contribution >= 4 is 23.2 Å². The van der Waals surface area contributed by atoms with E-state index in [1.54, 1.807) is 12.1 Å². The summed E-state index contributed by atoms with van der Waals surface area (Å²) in [7, 11) is 0. The number of carbonyl (C=O) groups is 1. The maximum atomic E-state index is 12.9. The Hall–Kier alpha value is -2.07. The molecule has 0 spiro atoms. The Morgan fingerprint density at radius 1 is 1.20 bits per heavy atom. The van der Waals surface area contributed by atoms with Crippen LogP contribution in [0.4, 0.5) is 10.1 Å². The molecular weight excluding hydrogens is 281 g/mol. The van der Waals surface area contributed by atoms with Gasteiger partial charge in [-0.1, -0.05) is 12.1 Å². The van der Waals surface area contributed by atoms with Crippen molar-refractivity contribution in [3.63, 3.8) is 0 Å². The Morgan fingerprint density at radius 2 is 1.90 bits per heavy atom. The first-order valence-corrected chi connectivity index (χ1v) is 6.58. The zero-order valence-corrected chi connectivity index (χ0v) is 11.3. The first kappa shape index (κ1) is 14.3. The molecule has 0 unspecified atom stereocenters. The number of benzene rings is 2. The third-order valence-corrected chi connectivity index (χ3v) is 2.99. The van der Waals surface area contributed by atoms with Crippen LogP contribution in [0.1, 0.15) is 15.9 Å². The van der Waals surface area contributed by atoms with Crippen LogP contribution in [0.2, 0.25) is 0 Å². The molecule has 104 valence electrons. The number of aryl methyl sites for hydroxylation is 1. The van der Waals surface area contributed by atoms with Gasteiger partial charge in [-0.25, -0.2) is 4.39 Å². The van der Waals surface area contributed by atoms with E-state index in [1.165, 1.54) is 6.07 Å². The summed E-state index contributed by atoms with van der Waals surface area (Å²) in [5, 5.41) is 12.2. The molecular formula is C15H13ClFNO2. The van der Waals surface area contributed by atoms with E-state index in [0.29, 0.717) is 11.6 Å². The highest BCUT2D eigenvalue weighted by Crippen LogP contribution is 2.20. The minimum Gasteiger partial charge on any atom is -0.507 e. The van der Waals surface area contributed by atoms with Crippen molar-refractivity contribution in [3.05, 3.63) is 59.4 Å². The standard InChI is InChI=1S/C15H13ClFNO2/c16-8-7-10-1-4-12(5-2-10)18-15(20)13-6-3-11(17)9-14(13)19/h1-6,9,19H,7-8H2,(H,18,20). The van der Waals surface area contributed by atoms with E-state index in [-0.39, 0.29) is 11.3 Å². The Balaban J connectivity index is 2.11. The summed E-state index contributed by atoms with van der Waals surface area (Å²) < 4.78 is 12.9. The van der Waals surface area contributed by atoms with Crippen molar-refractivity contribution in [1.29, 1.82) is 0 Å². The van der Waals surface area contributed by atoms with E-state index in [0.717, 1.165) is 24.1 Å². The predicted molar refractivity (Wildman–Crippen MR) is 76.9 cm³/mol. The Labute approximate surface area is 121 Å². The van der Waals surface area contributed by atoms with Gasteiger partial charge in [0.15, 0.2) is 0 Å². The van der Waals surface area contributed by atoms with E-state index < -0.39 is 11.7 Å². The van der Waals surface area contributed by atoms with Gasteiger partial charge in [0.05, 0.1) is 5.56 Å². The molecule has 0 atom stereocenters. The SMILES string of the molecule is O=C(Nc1ccc(CCCl)cc1)c1ccc(F)cc1O. The Bertz CT molecular complexity index is 614. The van der Waals surface area contributed by atoms with Gasteiger partial charge in [-0.05, 0) is 36.2 Å². The van der Waals surface area contributed by atoms with Crippen LogP contribution in [0.25, 0.3) is 0 Å². The topological polar surface area (TPSA) is 49.3 Å². The van der Waals surface area contributed by atoms with Gasteiger partial charge >= 0.3 is 0 Å². The Morgan fingerprint density at radius 3 is 2.50 bits per heavy atom. The summed E-state index contributed by atoms with van der Waals surface area (Å²) in [6.07, 6.45) is 0.758. The van der Waals surface area contributed by atoms with Crippen LogP contribution in [0.5, 0.6) is 5.75 Å². The molecule has 0 aliphatic rings. The summed E-state index contributed by atoms with van der Waals surface area (Å²) in [6, 6.07) is 10.5. The lowest BCUT2D eigenvalue weighted by Crippen LogP contribution is -2.12. The third-order valence-electron chi connectivity index (χ3n) is 2.80. The third kappa shape index (κ3) is 3.48. The van der Waals surface area contributed by atoms with E-state index in [4.69, 9.17) is 11.6 Å². The van der Waals surface area contributed by atoms with Crippen molar-refractivity contribution < 1.29 is 14.3 Å². The fraction of sp³-hybridized carbons (Fsp3) is 0.133. The van der Waals surface area contributed by atoms with E-state index in [1.807, 2.05) is 12.1 Å². The van der Waals surface area contributed by atoms with Crippen LogP contribution < -0.4 is 5.32 Å². The van der Waals surface area contributed by atoms with Gasteiger partial charge in [0.2, 0.25) is 0 Å². The number of hydrogen-bond acceptors (Lipinski definition) is 2. The van der Waals surface area contributed by atoms with Crippen molar-refractivity contribution in [2.45, 2.75) is 6.42 Å². The number of phenols is 1. The van der Waals surface area contributed by atoms with Crippen molar-refractivity contribution in [1.82, 2.24) is 0 Å². The molecule has 0 fully saturated rings. The minimum absolute atomic E-state index is 0.0243. The molecule has 3 nitrogen and oxygen atoms in total. The van der Waals surface area contributed by atoms with Crippen molar-refractivity contribution in [2.24, 2.45) is 0 Å². The predicted octanol–water partition coefficient (Wildman–Crippen LogP) is 3.56. The number of carbonyl (C=O) groups excluding carboxylic acids is 1. The monoisotopic (exact) mass is 293 g/mol. The fourth-order valence-electron chi connectivity index (χ4n) is 1.76. The second kappa shape index (κ2) is 6.39. The van der Waals surface area contributed by atoms with Crippen molar-refractivity contribution in [2.75, 3.05) is 11.2 Å². The summed E-state index contributed by atoms with van der Waals surface area (Å²) in [5.41, 5.74) is 1.69. The molecule has 0 radical (unpaired) electrons. The van der Waals surface area contributed by atoms with Gasteiger partial charge < -0.3 is 10.4 Å². The molecule has 0 bridgehead atoms. The molecule has 2 aromatic rings. The summed E-state index contributed by atoms with van der Waals surface area (Å²) in [6.45, 7) is 0. The van der Waals surface area contributed by atoms with Gasteiger partial charge in [-0.2, -0.15) is 0 Å². The number of anilines is 1. The first-order chi connectivity index (χ1) is 9.60. The number of rotatable bonds is 4. The van der Waals surface area contributed by atoms with Crippen LogP contribution in [-0.4, -0.2) is 16.9 Å². The lowest BCUT2D eigenvalue weighted by atomic mass is 10.1. The lowest BCUT2D eigenvalue weighted by molar-refractivity contribution is 0.102. The van der Waals surface area contributed by atoms with Crippen LogP contribution in [0.15, 0.2) is 42.5 Å². The van der Waals surface area contributed by atoms with Gasteiger partial charge in [0.25, 0.3) is 5.91 Å². The average Bonchev–Trinajstić information content (AvgIpc) is 2.41. The number of alkyl halides is 1. The quantitative estimate of drug-likeness (QED) is 0.847. The van der Waals surface area contributed by atoms with Crippen LogP contribution in [0.3, 0.4) is 0 Å². The molecule has 2 N–H and O–H groups in total. The number of amides is 1. The number of halogens is 2. The first-order valence-electron chi connectivity index (χ1n) is 6.05. The zero-order valence-electron chi connectivity index (χ0n) is 10.6. The zero-order chi connectivity index (χ0) is 14.5. The van der Waals surface area contributed by atoms with Crippen LogP contribution in [0, 0.1) is 5.82 Å². The van der Waals surface area contributed by atoms with Crippen LogP contribution in [-0.2, 0) is 6.42 Å². The molecule has 0 heterocycles. The minimum atomic E-state index is -0.593. The molecule has 0 aliphatic heterocycles. The molecule has 20 heavy (non-hydrogen) atoms. The van der Waals surface area contributed by atoms with Gasteiger partial charge in [0.1, 0.15) is 11.6 Å². The Kier molecular flexibility index (Phi) is 4.58. The fourth-order valence-corrected chi connectivity index (χ4v) is 1.98. The van der Waals surface area contributed by atoms with Gasteiger partial charge in [0, 0.05) is 17.6 Å². The molecule has 0 saturated carbocycles. The summed E-state index contributed by atoms with van der Waals surface area (Å²) >= 11 is 5.64. The van der Waals surface area contributed by atoms with E-state index >= 15 is 0 Å². The number of aromatic hydroxyl groups is 1. The maximum Gasteiger partial charge on any atom is 0.259 e. The molecule has 5 heteroatoms. The maximum absolute atomic E-state index is 12.9. The summed E-state index contributed by atoms with van der Waals surface area (Å²) in [4.78, 5) is 11.9. The second-order valence-electron chi connectivity index (χ2n) is 4.25. The molecule has 0 aromatic heterocycles. The normalized spacial score (nSPS) is 10.3.